The zero-order valence-corrected chi connectivity index (χ0v) is 9.40. The van der Waals surface area contributed by atoms with Crippen molar-refractivity contribution < 1.29 is 14.6 Å². The molecule has 1 N–H and O–H groups in total. The predicted molar refractivity (Wildman–Crippen MR) is 58.6 cm³/mol. The third kappa shape index (κ3) is 3.51. The fraction of sp³-hybridized carbons (Fsp3) is 0.455. The lowest BCUT2D eigenvalue weighted by atomic mass is 10.3. The second kappa shape index (κ2) is 5.46. The van der Waals surface area contributed by atoms with Crippen LogP contribution in [0.5, 0.6) is 0 Å². The molecule has 0 radical (unpaired) electrons. The van der Waals surface area contributed by atoms with Crippen LogP contribution in [0.25, 0.3) is 0 Å². The fourth-order valence-corrected chi connectivity index (χ4v) is 1.56. The summed E-state index contributed by atoms with van der Waals surface area (Å²) in [6, 6.07) is 3.09. The molecule has 0 bridgehead atoms. The highest BCUT2D eigenvalue weighted by Crippen LogP contribution is 2.01. The predicted octanol–water partition coefficient (Wildman–Crippen LogP) is 0.566. The molecule has 0 saturated heterocycles. The summed E-state index contributed by atoms with van der Waals surface area (Å²) in [6.45, 7) is 4.25. The molecule has 0 spiro atoms. The third-order valence-electron chi connectivity index (χ3n) is 2.24. The number of hydrogen-bond donors (Lipinski definition) is 1. The van der Waals surface area contributed by atoms with E-state index in [1.165, 1.54) is 0 Å². The molecule has 0 aliphatic carbocycles. The zero-order chi connectivity index (χ0) is 12.1. The van der Waals surface area contributed by atoms with Gasteiger partial charge < -0.3 is 14.4 Å². The first-order valence-corrected chi connectivity index (χ1v) is 4.98. The molecule has 1 aromatic rings. The highest BCUT2D eigenvalue weighted by molar-refractivity contribution is 5.67. The van der Waals surface area contributed by atoms with Gasteiger partial charge in [0, 0.05) is 30.1 Å². The maximum atomic E-state index is 11.2. The van der Waals surface area contributed by atoms with Gasteiger partial charge in [0.2, 0.25) is 0 Å². The Hall–Kier alpha value is -1.62. The van der Waals surface area contributed by atoms with Crippen molar-refractivity contribution in [1.29, 1.82) is 0 Å². The van der Waals surface area contributed by atoms with Crippen molar-refractivity contribution in [1.82, 2.24) is 4.57 Å². The number of pyridine rings is 1. The fourth-order valence-electron chi connectivity index (χ4n) is 1.56. The molecular formula is C11H15NO4. The number of nitrogens with zero attached hydrogens (tertiary/aromatic N) is 1. The number of carbonyl (C=O) groups is 1. The molecule has 0 aliphatic rings. The van der Waals surface area contributed by atoms with E-state index in [0.29, 0.717) is 13.2 Å². The van der Waals surface area contributed by atoms with Gasteiger partial charge in [-0.15, -0.1) is 0 Å². The smallest absolute Gasteiger partial charge is 0.329 e. The Bertz CT molecular complexity index is 410. The van der Waals surface area contributed by atoms with Gasteiger partial charge in [-0.1, -0.05) is 0 Å². The Morgan fingerprint density at radius 1 is 1.38 bits per heavy atom. The van der Waals surface area contributed by atoms with Crippen LogP contribution in [0.1, 0.15) is 11.4 Å². The SMILES string of the molecule is Cc1cc(=O)cc(C)n1CCOCC(=O)O. The van der Waals surface area contributed by atoms with Crippen LogP contribution in [-0.2, 0) is 16.1 Å². The number of aryl methyl sites for hydroxylation is 2. The molecular weight excluding hydrogens is 210 g/mol. The molecule has 1 rings (SSSR count). The summed E-state index contributed by atoms with van der Waals surface area (Å²) in [6.07, 6.45) is 0. The minimum atomic E-state index is -0.978. The molecule has 16 heavy (non-hydrogen) atoms. The first-order chi connectivity index (χ1) is 7.50. The second-order valence-corrected chi connectivity index (χ2v) is 3.57. The lowest BCUT2D eigenvalue weighted by molar-refractivity contribution is -0.142. The van der Waals surface area contributed by atoms with E-state index in [9.17, 15) is 9.59 Å². The van der Waals surface area contributed by atoms with E-state index in [0.717, 1.165) is 11.4 Å². The quantitative estimate of drug-likeness (QED) is 0.744. The molecule has 0 aliphatic heterocycles. The number of ether oxygens (including phenoxy) is 1. The maximum absolute atomic E-state index is 11.2. The molecule has 88 valence electrons. The standard InChI is InChI=1S/C11H15NO4/c1-8-5-10(13)6-9(2)12(8)3-4-16-7-11(14)15/h5-6H,3-4,7H2,1-2H3,(H,14,15). The van der Waals surface area contributed by atoms with Crippen molar-refractivity contribution >= 4 is 5.97 Å². The highest BCUT2D eigenvalue weighted by Gasteiger charge is 2.02. The number of rotatable bonds is 5. The molecule has 5 nitrogen and oxygen atoms in total. The molecule has 1 heterocycles. The maximum Gasteiger partial charge on any atom is 0.329 e. The van der Waals surface area contributed by atoms with Gasteiger partial charge in [0.15, 0.2) is 5.43 Å². The average Bonchev–Trinajstić information content (AvgIpc) is 2.14. The average molecular weight is 225 g/mol. The molecule has 0 fully saturated rings. The first-order valence-electron chi connectivity index (χ1n) is 4.98. The van der Waals surface area contributed by atoms with Crippen LogP contribution in [0.2, 0.25) is 0 Å². The van der Waals surface area contributed by atoms with E-state index in [1.54, 1.807) is 12.1 Å². The Balaban J connectivity index is 2.60. The number of hydrogen-bond acceptors (Lipinski definition) is 3. The summed E-state index contributed by atoms with van der Waals surface area (Å²) < 4.78 is 6.86. The van der Waals surface area contributed by atoms with Crippen LogP contribution in [-0.4, -0.2) is 28.9 Å². The summed E-state index contributed by atoms with van der Waals surface area (Å²) in [5.74, 6) is -0.978. The summed E-state index contributed by atoms with van der Waals surface area (Å²) in [7, 11) is 0. The lowest BCUT2D eigenvalue weighted by Crippen LogP contribution is -2.17. The van der Waals surface area contributed by atoms with E-state index in [2.05, 4.69) is 0 Å². The van der Waals surface area contributed by atoms with Gasteiger partial charge in [-0.2, -0.15) is 0 Å². The van der Waals surface area contributed by atoms with Crippen molar-refractivity contribution in [2.24, 2.45) is 0 Å². The van der Waals surface area contributed by atoms with Crippen molar-refractivity contribution in [3.05, 3.63) is 33.7 Å². The molecule has 5 heteroatoms. The molecule has 0 atom stereocenters. The van der Waals surface area contributed by atoms with Crippen LogP contribution < -0.4 is 5.43 Å². The third-order valence-corrected chi connectivity index (χ3v) is 2.24. The molecule has 0 unspecified atom stereocenters. The molecule has 0 saturated carbocycles. The molecule has 0 amide bonds. The molecule has 0 aromatic carbocycles. The number of carboxylic acids is 1. The van der Waals surface area contributed by atoms with Crippen molar-refractivity contribution in [2.45, 2.75) is 20.4 Å². The van der Waals surface area contributed by atoms with E-state index >= 15 is 0 Å². The van der Waals surface area contributed by atoms with Crippen molar-refractivity contribution in [3.8, 4) is 0 Å². The lowest BCUT2D eigenvalue weighted by Gasteiger charge is -2.13. The van der Waals surface area contributed by atoms with Gasteiger partial charge in [0.05, 0.1) is 6.61 Å². The number of carboxylic acid groups (broad SMARTS) is 1. The van der Waals surface area contributed by atoms with Gasteiger partial charge in [-0.3, -0.25) is 4.79 Å². The minimum absolute atomic E-state index is 0.0160. The first kappa shape index (κ1) is 12.4. The summed E-state index contributed by atoms with van der Waals surface area (Å²) in [5, 5.41) is 8.38. The van der Waals surface area contributed by atoms with E-state index < -0.39 is 5.97 Å². The summed E-state index contributed by atoms with van der Waals surface area (Å²) >= 11 is 0. The topological polar surface area (TPSA) is 68.5 Å². The Kier molecular flexibility index (Phi) is 4.25. The van der Waals surface area contributed by atoms with E-state index in [1.807, 2.05) is 18.4 Å². The summed E-state index contributed by atoms with van der Waals surface area (Å²) in [4.78, 5) is 21.4. The van der Waals surface area contributed by atoms with Crippen LogP contribution in [0.3, 0.4) is 0 Å². The zero-order valence-electron chi connectivity index (χ0n) is 9.40. The Labute approximate surface area is 93.3 Å². The van der Waals surface area contributed by atoms with Crippen LogP contribution in [0.15, 0.2) is 16.9 Å². The second-order valence-electron chi connectivity index (χ2n) is 3.57. The highest BCUT2D eigenvalue weighted by atomic mass is 16.5. The Morgan fingerprint density at radius 2 is 1.94 bits per heavy atom. The van der Waals surface area contributed by atoms with Gasteiger partial charge in [-0.25, -0.2) is 4.79 Å². The van der Waals surface area contributed by atoms with E-state index in [4.69, 9.17) is 9.84 Å². The number of aliphatic carboxylic acids is 1. The van der Waals surface area contributed by atoms with Crippen LogP contribution >= 0.6 is 0 Å². The van der Waals surface area contributed by atoms with Crippen molar-refractivity contribution in [3.63, 3.8) is 0 Å². The monoisotopic (exact) mass is 225 g/mol. The van der Waals surface area contributed by atoms with Crippen LogP contribution in [0.4, 0.5) is 0 Å². The normalized spacial score (nSPS) is 10.4. The number of aromatic nitrogens is 1. The van der Waals surface area contributed by atoms with Gasteiger partial charge in [0.25, 0.3) is 0 Å². The minimum Gasteiger partial charge on any atom is -0.480 e. The Morgan fingerprint density at radius 3 is 2.44 bits per heavy atom. The molecule has 1 aromatic heterocycles. The van der Waals surface area contributed by atoms with E-state index in [-0.39, 0.29) is 12.0 Å². The van der Waals surface area contributed by atoms with Gasteiger partial charge in [0.1, 0.15) is 6.61 Å². The van der Waals surface area contributed by atoms with Gasteiger partial charge in [-0.05, 0) is 13.8 Å². The summed E-state index contributed by atoms with van der Waals surface area (Å²) in [5.41, 5.74) is 1.69. The van der Waals surface area contributed by atoms with Crippen LogP contribution in [0, 0.1) is 13.8 Å². The largest absolute Gasteiger partial charge is 0.480 e. The van der Waals surface area contributed by atoms with Crippen molar-refractivity contribution in [2.75, 3.05) is 13.2 Å². The van der Waals surface area contributed by atoms with Gasteiger partial charge >= 0.3 is 5.97 Å².